The first-order valence-electron chi connectivity index (χ1n) is 6.31. The summed E-state index contributed by atoms with van der Waals surface area (Å²) < 4.78 is 0. The Labute approximate surface area is 97.7 Å². The summed E-state index contributed by atoms with van der Waals surface area (Å²) in [5, 5.41) is 11.6. The van der Waals surface area contributed by atoms with Crippen LogP contribution in [0, 0.1) is 12.8 Å². The topological polar surface area (TPSA) is 37.8 Å². The van der Waals surface area contributed by atoms with Gasteiger partial charge in [-0.2, -0.15) is 5.10 Å². The molecule has 0 aliphatic heterocycles. The summed E-state index contributed by atoms with van der Waals surface area (Å²) in [4.78, 5) is 0. The standard InChI is InChI=1S/C13H21N3/c1-10-8-13(16-14-9-10)15-11(2)12-6-4-3-5-7-12/h8-9,11-12H,3-7H2,1-2H3,(H,15,16). The molecule has 1 atom stereocenters. The van der Waals surface area contributed by atoms with Gasteiger partial charge in [-0.3, -0.25) is 0 Å². The van der Waals surface area contributed by atoms with Gasteiger partial charge in [-0.1, -0.05) is 19.3 Å². The zero-order chi connectivity index (χ0) is 11.4. The maximum absolute atomic E-state index is 4.11. The van der Waals surface area contributed by atoms with Gasteiger partial charge in [-0.15, -0.1) is 5.10 Å². The summed E-state index contributed by atoms with van der Waals surface area (Å²) in [6, 6.07) is 2.57. The van der Waals surface area contributed by atoms with E-state index in [9.17, 15) is 0 Å². The lowest BCUT2D eigenvalue weighted by Gasteiger charge is -2.28. The molecular formula is C13H21N3. The highest BCUT2D eigenvalue weighted by molar-refractivity contribution is 5.36. The second-order valence-electron chi connectivity index (χ2n) is 4.95. The Balaban J connectivity index is 1.93. The zero-order valence-electron chi connectivity index (χ0n) is 10.2. The third-order valence-corrected chi connectivity index (χ3v) is 3.52. The summed E-state index contributed by atoms with van der Waals surface area (Å²) in [6.07, 6.45) is 8.68. The molecule has 0 aromatic carbocycles. The van der Waals surface area contributed by atoms with Crippen LogP contribution in [0.2, 0.25) is 0 Å². The second kappa shape index (κ2) is 5.28. The van der Waals surface area contributed by atoms with Crippen molar-refractivity contribution in [2.75, 3.05) is 5.32 Å². The average molecular weight is 219 g/mol. The fourth-order valence-electron chi connectivity index (χ4n) is 2.52. The molecule has 0 bridgehead atoms. The highest BCUT2D eigenvalue weighted by Crippen LogP contribution is 2.27. The van der Waals surface area contributed by atoms with Crippen molar-refractivity contribution in [3.8, 4) is 0 Å². The summed E-state index contributed by atoms with van der Waals surface area (Å²) in [6.45, 7) is 4.31. The van der Waals surface area contributed by atoms with Crippen molar-refractivity contribution >= 4 is 5.82 Å². The molecule has 1 fully saturated rings. The molecule has 1 aliphatic carbocycles. The van der Waals surface area contributed by atoms with E-state index < -0.39 is 0 Å². The first kappa shape index (κ1) is 11.4. The van der Waals surface area contributed by atoms with Crippen molar-refractivity contribution in [3.63, 3.8) is 0 Å². The molecule has 3 nitrogen and oxygen atoms in total. The third-order valence-electron chi connectivity index (χ3n) is 3.52. The van der Waals surface area contributed by atoms with Crippen molar-refractivity contribution in [1.29, 1.82) is 0 Å². The first-order chi connectivity index (χ1) is 7.75. The number of aryl methyl sites for hydroxylation is 1. The molecule has 3 heteroatoms. The maximum atomic E-state index is 4.11. The van der Waals surface area contributed by atoms with Crippen LogP contribution in [0.4, 0.5) is 5.82 Å². The quantitative estimate of drug-likeness (QED) is 0.848. The van der Waals surface area contributed by atoms with E-state index in [0.29, 0.717) is 6.04 Å². The SMILES string of the molecule is Cc1cnnc(NC(C)C2CCCCC2)c1. The minimum atomic E-state index is 0.511. The number of anilines is 1. The van der Waals surface area contributed by atoms with Gasteiger partial charge in [0.15, 0.2) is 0 Å². The number of hydrogen-bond donors (Lipinski definition) is 1. The third kappa shape index (κ3) is 2.94. The Morgan fingerprint density at radius 2 is 2.06 bits per heavy atom. The van der Waals surface area contributed by atoms with Crippen LogP contribution in [-0.2, 0) is 0 Å². The lowest BCUT2D eigenvalue weighted by Crippen LogP contribution is -2.28. The van der Waals surface area contributed by atoms with E-state index in [1.165, 1.54) is 32.1 Å². The predicted molar refractivity (Wildman–Crippen MR) is 66.4 cm³/mol. The van der Waals surface area contributed by atoms with Crippen LogP contribution in [0.15, 0.2) is 12.3 Å². The minimum absolute atomic E-state index is 0.511. The molecule has 1 heterocycles. The van der Waals surface area contributed by atoms with Crippen molar-refractivity contribution in [2.24, 2.45) is 5.92 Å². The maximum Gasteiger partial charge on any atom is 0.149 e. The Bertz CT molecular complexity index is 332. The van der Waals surface area contributed by atoms with Crippen LogP contribution in [-0.4, -0.2) is 16.2 Å². The van der Waals surface area contributed by atoms with E-state index in [2.05, 4.69) is 28.5 Å². The van der Waals surface area contributed by atoms with Crippen molar-refractivity contribution < 1.29 is 0 Å². The average Bonchev–Trinajstić information content (AvgIpc) is 2.30. The monoisotopic (exact) mass is 219 g/mol. The van der Waals surface area contributed by atoms with Crippen molar-refractivity contribution in [2.45, 2.75) is 52.0 Å². The molecule has 1 aromatic rings. The van der Waals surface area contributed by atoms with Gasteiger partial charge in [0.05, 0.1) is 6.20 Å². The van der Waals surface area contributed by atoms with Crippen LogP contribution in [0.5, 0.6) is 0 Å². The smallest absolute Gasteiger partial charge is 0.149 e. The first-order valence-corrected chi connectivity index (χ1v) is 6.31. The predicted octanol–water partition coefficient (Wildman–Crippen LogP) is 3.17. The molecule has 0 saturated heterocycles. The molecule has 16 heavy (non-hydrogen) atoms. The minimum Gasteiger partial charge on any atom is -0.366 e. The fourth-order valence-corrected chi connectivity index (χ4v) is 2.52. The Hall–Kier alpha value is -1.12. The lowest BCUT2D eigenvalue weighted by molar-refractivity contribution is 0.328. The van der Waals surface area contributed by atoms with Crippen LogP contribution < -0.4 is 5.32 Å². The van der Waals surface area contributed by atoms with E-state index in [1.54, 1.807) is 6.20 Å². The molecule has 88 valence electrons. The molecule has 0 spiro atoms. The van der Waals surface area contributed by atoms with Crippen LogP contribution in [0.1, 0.15) is 44.6 Å². The summed E-state index contributed by atoms with van der Waals surface area (Å²) in [5.74, 6) is 1.72. The van der Waals surface area contributed by atoms with E-state index in [1.807, 2.05) is 6.92 Å². The number of rotatable bonds is 3. The second-order valence-corrected chi connectivity index (χ2v) is 4.95. The molecular weight excluding hydrogens is 198 g/mol. The van der Waals surface area contributed by atoms with Gasteiger partial charge in [0, 0.05) is 6.04 Å². The highest BCUT2D eigenvalue weighted by Gasteiger charge is 2.20. The zero-order valence-corrected chi connectivity index (χ0v) is 10.2. The van der Waals surface area contributed by atoms with Gasteiger partial charge in [-0.05, 0) is 44.2 Å². The Morgan fingerprint density at radius 1 is 1.31 bits per heavy atom. The van der Waals surface area contributed by atoms with Crippen molar-refractivity contribution in [3.05, 3.63) is 17.8 Å². The molecule has 0 amide bonds. The van der Waals surface area contributed by atoms with Gasteiger partial charge in [0.25, 0.3) is 0 Å². The largest absolute Gasteiger partial charge is 0.366 e. The molecule has 1 N–H and O–H groups in total. The Kier molecular flexibility index (Phi) is 3.75. The summed E-state index contributed by atoms with van der Waals surface area (Å²) in [5.41, 5.74) is 1.16. The van der Waals surface area contributed by atoms with E-state index in [4.69, 9.17) is 0 Å². The van der Waals surface area contributed by atoms with Gasteiger partial charge in [-0.25, -0.2) is 0 Å². The number of nitrogens with one attached hydrogen (secondary N) is 1. The Morgan fingerprint density at radius 3 is 2.75 bits per heavy atom. The van der Waals surface area contributed by atoms with Crippen molar-refractivity contribution in [1.82, 2.24) is 10.2 Å². The number of aromatic nitrogens is 2. The van der Waals surface area contributed by atoms with Crippen LogP contribution >= 0.6 is 0 Å². The van der Waals surface area contributed by atoms with Crippen LogP contribution in [0.25, 0.3) is 0 Å². The summed E-state index contributed by atoms with van der Waals surface area (Å²) >= 11 is 0. The molecule has 1 unspecified atom stereocenters. The normalized spacial score (nSPS) is 19.4. The van der Waals surface area contributed by atoms with Gasteiger partial charge >= 0.3 is 0 Å². The molecule has 1 saturated carbocycles. The van der Waals surface area contributed by atoms with E-state index >= 15 is 0 Å². The number of nitrogens with zero attached hydrogens (tertiary/aromatic N) is 2. The lowest BCUT2D eigenvalue weighted by atomic mass is 9.84. The van der Waals surface area contributed by atoms with Gasteiger partial charge in [0.2, 0.25) is 0 Å². The highest BCUT2D eigenvalue weighted by atomic mass is 15.2. The van der Waals surface area contributed by atoms with E-state index in [-0.39, 0.29) is 0 Å². The molecule has 1 aliphatic rings. The molecule has 1 aromatic heterocycles. The summed E-state index contributed by atoms with van der Waals surface area (Å²) in [7, 11) is 0. The fraction of sp³-hybridized carbons (Fsp3) is 0.692. The molecule has 0 radical (unpaired) electrons. The number of hydrogen-bond acceptors (Lipinski definition) is 3. The van der Waals surface area contributed by atoms with Gasteiger partial charge in [0.1, 0.15) is 5.82 Å². The van der Waals surface area contributed by atoms with E-state index in [0.717, 1.165) is 17.3 Å². The van der Waals surface area contributed by atoms with Gasteiger partial charge < -0.3 is 5.32 Å². The molecule has 2 rings (SSSR count). The van der Waals surface area contributed by atoms with Crippen LogP contribution in [0.3, 0.4) is 0 Å².